The minimum atomic E-state index is -0.647. The third-order valence-corrected chi connectivity index (χ3v) is 1.62. The van der Waals surface area contributed by atoms with E-state index in [-0.39, 0.29) is 6.10 Å². The summed E-state index contributed by atoms with van der Waals surface area (Å²) >= 11 is 0. The van der Waals surface area contributed by atoms with Gasteiger partial charge in [-0.25, -0.2) is 4.79 Å². The molecule has 2 N–H and O–H groups in total. The molecule has 0 rings (SSSR count). The Morgan fingerprint density at radius 3 is 2.08 bits per heavy atom. The SMILES string of the molecule is CC(C)OC(=O)N(C)C(C)C(N)=O. The molecule has 76 valence electrons. The molecular formula is C8H16N2O3. The zero-order valence-corrected chi connectivity index (χ0v) is 8.40. The van der Waals surface area contributed by atoms with Gasteiger partial charge in [0.05, 0.1) is 6.10 Å². The Kier molecular flexibility index (Phi) is 4.23. The van der Waals surface area contributed by atoms with Crippen LogP contribution in [0.4, 0.5) is 4.79 Å². The third kappa shape index (κ3) is 3.78. The molecule has 0 aromatic carbocycles. The van der Waals surface area contributed by atoms with E-state index in [1.165, 1.54) is 11.9 Å². The maximum Gasteiger partial charge on any atom is 0.410 e. The second kappa shape index (κ2) is 4.69. The van der Waals surface area contributed by atoms with Crippen molar-refractivity contribution in [1.82, 2.24) is 4.90 Å². The lowest BCUT2D eigenvalue weighted by atomic mass is 10.3. The van der Waals surface area contributed by atoms with Crippen molar-refractivity contribution in [3.8, 4) is 0 Å². The first-order valence-electron chi connectivity index (χ1n) is 4.09. The number of nitrogens with zero attached hydrogens (tertiary/aromatic N) is 1. The number of likely N-dealkylation sites (N-methyl/N-ethyl adjacent to an activating group) is 1. The first-order valence-corrected chi connectivity index (χ1v) is 4.09. The topological polar surface area (TPSA) is 72.6 Å². The second-order valence-corrected chi connectivity index (χ2v) is 3.12. The van der Waals surface area contributed by atoms with Gasteiger partial charge in [-0.2, -0.15) is 0 Å². The summed E-state index contributed by atoms with van der Waals surface area (Å²) in [7, 11) is 1.47. The first kappa shape index (κ1) is 11.7. The van der Waals surface area contributed by atoms with E-state index < -0.39 is 18.0 Å². The molecule has 1 unspecified atom stereocenters. The standard InChI is InChI=1S/C8H16N2O3/c1-5(2)13-8(12)10(4)6(3)7(9)11/h5-6H,1-4H3,(H2,9,11). The maximum atomic E-state index is 11.2. The van der Waals surface area contributed by atoms with Gasteiger partial charge in [0.2, 0.25) is 5.91 Å². The summed E-state index contributed by atoms with van der Waals surface area (Å²) in [5, 5.41) is 0. The average Bonchev–Trinajstić information content (AvgIpc) is 2.00. The van der Waals surface area contributed by atoms with Crippen molar-refractivity contribution in [2.24, 2.45) is 5.73 Å². The fourth-order valence-electron chi connectivity index (χ4n) is 0.634. The molecule has 0 aromatic heterocycles. The van der Waals surface area contributed by atoms with Gasteiger partial charge in [0, 0.05) is 7.05 Å². The van der Waals surface area contributed by atoms with Crippen LogP contribution in [-0.2, 0) is 9.53 Å². The Morgan fingerprint density at radius 1 is 1.31 bits per heavy atom. The van der Waals surface area contributed by atoms with Crippen molar-refractivity contribution >= 4 is 12.0 Å². The lowest BCUT2D eigenvalue weighted by Gasteiger charge is -2.22. The van der Waals surface area contributed by atoms with Gasteiger partial charge >= 0.3 is 6.09 Å². The highest BCUT2D eigenvalue weighted by Crippen LogP contribution is 2.00. The number of carbonyl (C=O) groups is 2. The zero-order valence-electron chi connectivity index (χ0n) is 8.40. The molecular weight excluding hydrogens is 172 g/mol. The molecule has 0 saturated heterocycles. The fraction of sp³-hybridized carbons (Fsp3) is 0.750. The largest absolute Gasteiger partial charge is 0.447 e. The average molecular weight is 188 g/mol. The van der Waals surface area contributed by atoms with E-state index in [0.29, 0.717) is 0 Å². The van der Waals surface area contributed by atoms with E-state index in [2.05, 4.69) is 0 Å². The second-order valence-electron chi connectivity index (χ2n) is 3.12. The summed E-state index contributed by atoms with van der Waals surface area (Å²) in [6.07, 6.45) is -0.740. The van der Waals surface area contributed by atoms with Crippen molar-refractivity contribution in [3.63, 3.8) is 0 Å². The number of ether oxygens (including phenoxy) is 1. The summed E-state index contributed by atoms with van der Waals surface area (Å²) < 4.78 is 4.86. The zero-order chi connectivity index (χ0) is 10.6. The van der Waals surface area contributed by atoms with Crippen molar-refractivity contribution in [3.05, 3.63) is 0 Å². The molecule has 0 aliphatic carbocycles. The molecule has 0 aliphatic rings. The van der Waals surface area contributed by atoms with Gasteiger partial charge in [-0.1, -0.05) is 0 Å². The highest BCUT2D eigenvalue weighted by molar-refractivity contribution is 5.83. The van der Waals surface area contributed by atoms with Crippen molar-refractivity contribution < 1.29 is 14.3 Å². The lowest BCUT2D eigenvalue weighted by Crippen LogP contribution is -2.44. The molecule has 0 saturated carbocycles. The van der Waals surface area contributed by atoms with Crippen LogP contribution in [0, 0.1) is 0 Å². The van der Waals surface area contributed by atoms with Crippen LogP contribution in [0.15, 0.2) is 0 Å². The van der Waals surface area contributed by atoms with E-state index in [9.17, 15) is 9.59 Å². The summed E-state index contributed by atoms with van der Waals surface area (Å²) in [6, 6.07) is -0.647. The maximum absolute atomic E-state index is 11.2. The normalized spacial score (nSPS) is 12.4. The predicted octanol–water partition coefficient (Wildman–Crippen LogP) is 0.337. The number of amides is 2. The highest BCUT2D eigenvalue weighted by Gasteiger charge is 2.21. The third-order valence-electron chi connectivity index (χ3n) is 1.62. The highest BCUT2D eigenvalue weighted by atomic mass is 16.6. The molecule has 0 bridgehead atoms. The Balaban J connectivity index is 4.17. The fourth-order valence-corrected chi connectivity index (χ4v) is 0.634. The van der Waals surface area contributed by atoms with Crippen LogP contribution in [0.5, 0.6) is 0 Å². The van der Waals surface area contributed by atoms with Crippen molar-refractivity contribution in [1.29, 1.82) is 0 Å². The Labute approximate surface area is 77.8 Å². The van der Waals surface area contributed by atoms with E-state index >= 15 is 0 Å². The van der Waals surface area contributed by atoms with Gasteiger partial charge in [-0.3, -0.25) is 9.69 Å². The number of hydrogen-bond acceptors (Lipinski definition) is 3. The Bertz CT molecular complexity index is 204. The molecule has 0 aliphatic heterocycles. The minimum Gasteiger partial charge on any atom is -0.447 e. The van der Waals surface area contributed by atoms with E-state index in [0.717, 1.165) is 0 Å². The number of rotatable bonds is 3. The number of nitrogens with two attached hydrogens (primary N) is 1. The number of hydrogen-bond donors (Lipinski definition) is 1. The molecule has 0 fully saturated rings. The molecule has 0 aromatic rings. The molecule has 5 heteroatoms. The van der Waals surface area contributed by atoms with Gasteiger partial charge in [0.1, 0.15) is 6.04 Å². The molecule has 0 heterocycles. The molecule has 0 radical (unpaired) electrons. The van der Waals surface area contributed by atoms with Gasteiger partial charge in [-0.15, -0.1) is 0 Å². The van der Waals surface area contributed by atoms with E-state index in [1.54, 1.807) is 20.8 Å². The monoisotopic (exact) mass is 188 g/mol. The molecule has 13 heavy (non-hydrogen) atoms. The summed E-state index contributed by atoms with van der Waals surface area (Å²) in [4.78, 5) is 23.1. The van der Waals surface area contributed by atoms with E-state index in [1.807, 2.05) is 0 Å². The smallest absolute Gasteiger partial charge is 0.410 e. The molecule has 0 spiro atoms. The molecule has 5 nitrogen and oxygen atoms in total. The van der Waals surface area contributed by atoms with Crippen LogP contribution in [0.3, 0.4) is 0 Å². The molecule has 2 amide bonds. The van der Waals surface area contributed by atoms with Crippen molar-refractivity contribution in [2.75, 3.05) is 7.05 Å². The Morgan fingerprint density at radius 2 is 1.77 bits per heavy atom. The Hall–Kier alpha value is -1.26. The first-order chi connectivity index (χ1) is 5.86. The van der Waals surface area contributed by atoms with Gasteiger partial charge < -0.3 is 10.5 Å². The van der Waals surface area contributed by atoms with Crippen molar-refractivity contribution in [2.45, 2.75) is 32.9 Å². The predicted molar refractivity (Wildman–Crippen MR) is 48.0 cm³/mol. The lowest BCUT2D eigenvalue weighted by molar-refractivity contribution is -0.121. The van der Waals surface area contributed by atoms with Crippen LogP contribution in [0.25, 0.3) is 0 Å². The summed E-state index contributed by atoms with van der Waals surface area (Å²) in [6.45, 7) is 5.02. The van der Waals surface area contributed by atoms with Crippen LogP contribution in [-0.4, -0.2) is 36.1 Å². The van der Waals surface area contributed by atoms with Crippen LogP contribution < -0.4 is 5.73 Å². The van der Waals surface area contributed by atoms with Crippen LogP contribution in [0.2, 0.25) is 0 Å². The quantitative estimate of drug-likeness (QED) is 0.694. The number of carbonyl (C=O) groups excluding carboxylic acids is 2. The molecule has 1 atom stereocenters. The summed E-state index contributed by atoms with van der Waals surface area (Å²) in [5.41, 5.74) is 5.02. The minimum absolute atomic E-state index is 0.199. The van der Waals surface area contributed by atoms with Crippen LogP contribution in [0.1, 0.15) is 20.8 Å². The van der Waals surface area contributed by atoms with Gasteiger partial charge in [0.25, 0.3) is 0 Å². The number of primary amides is 1. The summed E-state index contributed by atoms with van der Waals surface area (Å²) in [5.74, 6) is -0.553. The van der Waals surface area contributed by atoms with E-state index in [4.69, 9.17) is 10.5 Å². The van der Waals surface area contributed by atoms with Crippen LogP contribution >= 0.6 is 0 Å². The van der Waals surface area contributed by atoms with Gasteiger partial charge in [0.15, 0.2) is 0 Å². The van der Waals surface area contributed by atoms with Gasteiger partial charge in [-0.05, 0) is 20.8 Å².